The van der Waals surface area contributed by atoms with E-state index in [0.29, 0.717) is 12.5 Å². The summed E-state index contributed by atoms with van der Waals surface area (Å²) in [6, 6.07) is 6.21. The maximum Gasteiger partial charge on any atom is 0.422 e. The minimum atomic E-state index is -4.35. The van der Waals surface area contributed by atoms with E-state index in [9.17, 15) is 18.0 Å². The van der Waals surface area contributed by atoms with Crippen LogP contribution in [0.4, 0.5) is 13.2 Å². The highest BCUT2D eigenvalue weighted by molar-refractivity contribution is 5.85. The van der Waals surface area contributed by atoms with Gasteiger partial charge in [0.1, 0.15) is 5.75 Å². The highest BCUT2D eigenvalue weighted by atomic mass is 35.5. The maximum absolute atomic E-state index is 12.0. The molecule has 23 heavy (non-hydrogen) atoms. The van der Waals surface area contributed by atoms with Crippen molar-refractivity contribution < 1.29 is 22.7 Å². The number of alkyl halides is 3. The van der Waals surface area contributed by atoms with E-state index in [4.69, 9.17) is 0 Å². The van der Waals surface area contributed by atoms with E-state index in [2.05, 4.69) is 15.4 Å². The lowest BCUT2D eigenvalue weighted by molar-refractivity contribution is -0.153. The smallest absolute Gasteiger partial charge is 0.422 e. The van der Waals surface area contributed by atoms with Crippen LogP contribution in [0, 0.1) is 11.8 Å². The van der Waals surface area contributed by atoms with Gasteiger partial charge in [-0.2, -0.15) is 13.2 Å². The molecule has 2 N–H and O–H groups in total. The molecule has 1 heterocycles. The molecule has 1 aromatic carbocycles. The van der Waals surface area contributed by atoms with Gasteiger partial charge in [-0.1, -0.05) is 19.1 Å². The predicted octanol–water partition coefficient (Wildman–Crippen LogP) is 2.52. The molecule has 1 atom stereocenters. The Morgan fingerprint density at radius 1 is 1.35 bits per heavy atom. The van der Waals surface area contributed by atoms with Crippen LogP contribution in [-0.2, 0) is 11.3 Å². The van der Waals surface area contributed by atoms with Crippen LogP contribution in [0.2, 0.25) is 0 Å². The molecule has 0 bridgehead atoms. The molecule has 1 amide bonds. The molecule has 130 valence electrons. The van der Waals surface area contributed by atoms with Gasteiger partial charge in [0.15, 0.2) is 6.61 Å². The Bertz CT molecular complexity index is 504. The number of rotatable bonds is 6. The lowest BCUT2D eigenvalue weighted by atomic mass is 9.88. The van der Waals surface area contributed by atoms with Gasteiger partial charge < -0.3 is 15.4 Å². The van der Waals surface area contributed by atoms with Gasteiger partial charge in [-0.05, 0) is 36.7 Å². The van der Waals surface area contributed by atoms with Crippen LogP contribution >= 0.6 is 12.4 Å². The Balaban J connectivity index is 0.00000264. The Morgan fingerprint density at radius 3 is 2.43 bits per heavy atom. The number of halogens is 4. The molecule has 1 aliphatic heterocycles. The third-order valence-corrected chi connectivity index (χ3v) is 3.73. The first-order valence-corrected chi connectivity index (χ1v) is 7.12. The highest BCUT2D eigenvalue weighted by Gasteiger charge is 2.29. The van der Waals surface area contributed by atoms with Gasteiger partial charge in [0.2, 0.25) is 5.91 Å². The molecule has 1 saturated heterocycles. The van der Waals surface area contributed by atoms with Crippen LogP contribution in [0.3, 0.4) is 0 Å². The normalized spacial score (nSPS) is 16.0. The number of benzene rings is 1. The fraction of sp³-hybridized carbons (Fsp3) is 0.533. The Kier molecular flexibility index (Phi) is 7.15. The van der Waals surface area contributed by atoms with E-state index in [1.807, 2.05) is 6.92 Å². The lowest BCUT2D eigenvalue weighted by Crippen LogP contribution is -2.49. The summed E-state index contributed by atoms with van der Waals surface area (Å²) in [5.41, 5.74) is 0.812. The van der Waals surface area contributed by atoms with Crippen molar-refractivity contribution in [3.8, 4) is 5.75 Å². The van der Waals surface area contributed by atoms with Crippen molar-refractivity contribution in [1.82, 2.24) is 10.6 Å². The summed E-state index contributed by atoms with van der Waals surface area (Å²) in [6.07, 6.45) is -4.35. The first-order chi connectivity index (χ1) is 10.3. The fourth-order valence-electron chi connectivity index (χ4n) is 2.10. The molecule has 8 heteroatoms. The van der Waals surface area contributed by atoms with Gasteiger partial charge in [-0.25, -0.2) is 0 Å². The van der Waals surface area contributed by atoms with Crippen molar-refractivity contribution in [2.24, 2.45) is 11.8 Å². The third-order valence-electron chi connectivity index (χ3n) is 3.73. The summed E-state index contributed by atoms with van der Waals surface area (Å²) >= 11 is 0. The molecule has 1 unspecified atom stereocenters. The van der Waals surface area contributed by atoms with Crippen LogP contribution in [0.25, 0.3) is 0 Å². The second kappa shape index (κ2) is 8.40. The lowest BCUT2D eigenvalue weighted by Gasteiger charge is -2.31. The summed E-state index contributed by atoms with van der Waals surface area (Å²) in [5, 5.41) is 5.96. The minimum Gasteiger partial charge on any atom is -0.484 e. The van der Waals surface area contributed by atoms with Crippen LogP contribution in [-0.4, -0.2) is 31.8 Å². The van der Waals surface area contributed by atoms with Crippen LogP contribution in [0.5, 0.6) is 5.75 Å². The molecule has 1 fully saturated rings. The molecule has 0 saturated carbocycles. The summed E-state index contributed by atoms with van der Waals surface area (Å²) < 4.78 is 40.7. The highest BCUT2D eigenvalue weighted by Crippen LogP contribution is 2.19. The maximum atomic E-state index is 12.0. The quantitative estimate of drug-likeness (QED) is 0.827. The number of carbonyl (C=O) groups is 1. The third kappa shape index (κ3) is 6.27. The van der Waals surface area contributed by atoms with Crippen molar-refractivity contribution in [1.29, 1.82) is 0 Å². The molecule has 1 aromatic rings. The van der Waals surface area contributed by atoms with Crippen LogP contribution in [0.15, 0.2) is 24.3 Å². The van der Waals surface area contributed by atoms with E-state index in [-0.39, 0.29) is 30.0 Å². The first-order valence-electron chi connectivity index (χ1n) is 7.12. The van der Waals surface area contributed by atoms with Crippen LogP contribution < -0.4 is 15.4 Å². The summed E-state index contributed by atoms with van der Waals surface area (Å²) in [4.78, 5) is 11.9. The van der Waals surface area contributed by atoms with Gasteiger partial charge in [0.25, 0.3) is 0 Å². The Hall–Kier alpha value is -1.47. The van der Waals surface area contributed by atoms with Crippen molar-refractivity contribution >= 4 is 18.3 Å². The first kappa shape index (κ1) is 19.6. The van der Waals surface area contributed by atoms with E-state index >= 15 is 0 Å². The van der Waals surface area contributed by atoms with Crippen molar-refractivity contribution in [3.05, 3.63) is 29.8 Å². The zero-order valence-electron chi connectivity index (χ0n) is 12.7. The number of amides is 1. The molecule has 0 aliphatic carbocycles. The summed E-state index contributed by atoms with van der Waals surface area (Å²) in [6.45, 7) is 2.66. The monoisotopic (exact) mass is 352 g/mol. The SMILES string of the molecule is CC(C(=O)NCc1ccc(OCC(F)(F)F)cc1)C1CNC1.Cl. The van der Waals surface area contributed by atoms with Gasteiger partial charge >= 0.3 is 6.18 Å². The number of ether oxygens (including phenoxy) is 1. The standard InChI is InChI=1S/C15H19F3N2O2.ClH/c1-10(12-7-19-8-12)14(21)20-6-11-2-4-13(5-3-11)22-9-15(16,17)18;/h2-5,10,12,19H,6-9H2,1H3,(H,20,21);1H. The van der Waals surface area contributed by atoms with Crippen molar-refractivity contribution in [3.63, 3.8) is 0 Å². The van der Waals surface area contributed by atoms with Gasteiger partial charge in [-0.15, -0.1) is 12.4 Å². The Morgan fingerprint density at radius 2 is 1.96 bits per heavy atom. The second-order valence-electron chi connectivity index (χ2n) is 5.47. The largest absolute Gasteiger partial charge is 0.484 e. The molecule has 0 spiro atoms. The predicted molar refractivity (Wildman–Crippen MR) is 82.6 cm³/mol. The number of carbonyl (C=O) groups excluding carboxylic acids is 1. The van der Waals surface area contributed by atoms with Gasteiger partial charge in [0.05, 0.1) is 0 Å². The Labute approximate surface area is 139 Å². The average Bonchev–Trinajstić information content (AvgIpc) is 2.41. The zero-order chi connectivity index (χ0) is 16.2. The second-order valence-corrected chi connectivity index (χ2v) is 5.47. The van der Waals surface area contributed by atoms with E-state index in [1.165, 1.54) is 12.1 Å². The van der Waals surface area contributed by atoms with Gasteiger partial charge in [0, 0.05) is 12.5 Å². The van der Waals surface area contributed by atoms with Crippen molar-refractivity contribution in [2.75, 3.05) is 19.7 Å². The molecular formula is C15H20ClF3N2O2. The van der Waals surface area contributed by atoms with E-state index in [0.717, 1.165) is 18.7 Å². The van der Waals surface area contributed by atoms with E-state index in [1.54, 1.807) is 12.1 Å². The van der Waals surface area contributed by atoms with Crippen molar-refractivity contribution in [2.45, 2.75) is 19.6 Å². The topological polar surface area (TPSA) is 50.4 Å². The van der Waals surface area contributed by atoms with Gasteiger partial charge in [-0.3, -0.25) is 4.79 Å². The van der Waals surface area contributed by atoms with E-state index < -0.39 is 12.8 Å². The summed E-state index contributed by atoms with van der Waals surface area (Å²) in [7, 11) is 0. The fourth-order valence-corrected chi connectivity index (χ4v) is 2.10. The molecule has 1 aliphatic rings. The number of nitrogens with one attached hydrogen (secondary N) is 2. The number of hydrogen-bond donors (Lipinski definition) is 2. The molecule has 2 rings (SSSR count). The molecule has 0 aromatic heterocycles. The molecule has 4 nitrogen and oxygen atoms in total. The number of hydrogen-bond acceptors (Lipinski definition) is 3. The summed E-state index contributed by atoms with van der Waals surface area (Å²) in [5.74, 6) is 0.471. The van der Waals surface area contributed by atoms with Crippen LogP contribution in [0.1, 0.15) is 12.5 Å². The molecular weight excluding hydrogens is 333 g/mol. The zero-order valence-corrected chi connectivity index (χ0v) is 13.5. The minimum absolute atomic E-state index is 0. The average molecular weight is 353 g/mol. The molecule has 0 radical (unpaired) electrons.